The minimum atomic E-state index is -2.00. The van der Waals surface area contributed by atoms with Crippen molar-refractivity contribution in [3.05, 3.63) is 95.1 Å². The van der Waals surface area contributed by atoms with E-state index in [-0.39, 0.29) is 60.9 Å². The molecular weight excluding hydrogens is 631 g/mol. The van der Waals surface area contributed by atoms with Crippen LogP contribution in [0.2, 0.25) is 0 Å². The van der Waals surface area contributed by atoms with Gasteiger partial charge in [0, 0.05) is 18.8 Å². The summed E-state index contributed by atoms with van der Waals surface area (Å²) in [4.78, 5) is 31.1. The monoisotopic (exact) mass is 678 g/mol. The van der Waals surface area contributed by atoms with Gasteiger partial charge in [-0.2, -0.15) is 4.94 Å². The van der Waals surface area contributed by atoms with Gasteiger partial charge in [0.2, 0.25) is 5.79 Å². The number of carbonyl (C=O) groups excluding carboxylic acids is 2. The molecule has 0 amide bonds. The SMILES string of the molecule is C=C(C)[C@@]1(O[C@@](CO)(Cc2ccccc2)OF)CC2C=C(COC(=O)Cc3ccc(O)c(OC)c3)C[C@]3(O)C(=O)C(CC)=CC3C2[C@H](C)C1. The molecule has 5 rings (SSSR count). The molecule has 2 aromatic rings. The van der Waals surface area contributed by atoms with E-state index in [4.69, 9.17) is 14.2 Å². The summed E-state index contributed by atoms with van der Waals surface area (Å²) in [5.74, 6) is -3.83. The second-order valence-corrected chi connectivity index (χ2v) is 14.0. The van der Waals surface area contributed by atoms with E-state index in [1.54, 1.807) is 24.3 Å². The van der Waals surface area contributed by atoms with Crippen LogP contribution in [0.4, 0.5) is 4.53 Å². The van der Waals surface area contributed by atoms with Crippen molar-refractivity contribution in [1.82, 2.24) is 0 Å². The van der Waals surface area contributed by atoms with Gasteiger partial charge in [-0.1, -0.05) is 69.0 Å². The molecule has 10 heteroatoms. The minimum Gasteiger partial charge on any atom is -0.504 e. The Morgan fingerprint density at radius 1 is 1.12 bits per heavy atom. The van der Waals surface area contributed by atoms with E-state index in [1.807, 2.05) is 51.1 Å². The van der Waals surface area contributed by atoms with Crippen molar-refractivity contribution in [2.75, 3.05) is 20.3 Å². The van der Waals surface area contributed by atoms with Gasteiger partial charge in [0.05, 0.1) is 19.1 Å². The number of hydrogen-bond acceptors (Lipinski definition) is 9. The summed E-state index contributed by atoms with van der Waals surface area (Å²) in [6.45, 7) is 9.06. The van der Waals surface area contributed by atoms with E-state index in [0.29, 0.717) is 47.1 Å². The van der Waals surface area contributed by atoms with Gasteiger partial charge in [0.15, 0.2) is 17.3 Å². The molecule has 0 saturated heterocycles. The van der Waals surface area contributed by atoms with E-state index in [9.17, 15) is 29.4 Å². The van der Waals surface area contributed by atoms with Crippen molar-refractivity contribution in [3.63, 3.8) is 0 Å². The first-order chi connectivity index (χ1) is 23.3. The highest BCUT2D eigenvalue weighted by Gasteiger charge is 2.59. The molecule has 1 saturated carbocycles. The van der Waals surface area contributed by atoms with Crippen LogP contribution in [0.15, 0.2) is 84.0 Å². The molecule has 3 aliphatic rings. The van der Waals surface area contributed by atoms with Crippen molar-refractivity contribution in [1.29, 1.82) is 0 Å². The van der Waals surface area contributed by atoms with Gasteiger partial charge >= 0.3 is 5.97 Å². The number of rotatable bonds is 13. The first-order valence-electron chi connectivity index (χ1n) is 16.8. The Balaban J connectivity index is 1.47. The largest absolute Gasteiger partial charge is 0.504 e. The molecule has 0 radical (unpaired) electrons. The number of halogens is 1. The number of methoxy groups -OCH3 is 1. The number of aromatic hydroxyl groups is 1. The molecule has 3 N–H and O–H groups in total. The van der Waals surface area contributed by atoms with Gasteiger partial charge in [0.1, 0.15) is 18.8 Å². The lowest BCUT2D eigenvalue weighted by Crippen LogP contribution is -2.56. The highest BCUT2D eigenvalue weighted by molar-refractivity contribution is 6.05. The summed E-state index contributed by atoms with van der Waals surface area (Å²) in [5, 5.41) is 32.6. The normalized spacial score (nSPS) is 29.1. The van der Waals surface area contributed by atoms with E-state index >= 15 is 0 Å². The Morgan fingerprint density at radius 2 is 1.86 bits per heavy atom. The number of ether oxygens (including phenoxy) is 3. The van der Waals surface area contributed by atoms with Crippen molar-refractivity contribution < 1.29 is 48.6 Å². The molecule has 2 aromatic carbocycles. The molecule has 3 aliphatic carbocycles. The quantitative estimate of drug-likeness (QED) is 0.134. The van der Waals surface area contributed by atoms with Crippen LogP contribution < -0.4 is 4.74 Å². The first-order valence-corrected chi connectivity index (χ1v) is 16.8. The van der Waals surface area contributed by atoms with Gasteiger partial charge in [-0.3, -0.25) is 9.59 Å². The fourth-order valence-corrected chi connectivity index (χ4v) is 8.24. The van der Waals surface area contributed by atoms with Crippen molar-refractivity contribution in [2.24, 2.45) is 23.7 Å². The number of aliphatic hydroxyl groups is 2. The molecule has 9 nitrogen and oxygen atoms in total. The molecule has 0 aromatic heterocycles. The fourth-order valence-electron chi connectivity index (χ4n) is 8.24. The van der Waals surface area contributed by atoms with E-state index in [0.717, 1.165) is 0 Å². The number of benzene rings is 2. The third-order valence-electron chi connectivity index (χ3n) is 10.6. The number of carbonyl (C=O) groups is 2. The molecule has 0 spiro atoms. The molecule has 1 fully saturated rings. The molecule has 49 heavy (non-hydrogen) atoms. The lowest BCUT2D eigenvalue weighted by molar-refractivity contribution is -0.384. The summed E-state index contributed by atoms with van der Waals surface area (Å²) in [6.07, 6.45) is 4.88. The van der Waals surface area contributed by atoms with Crippen molar-refractivity contribution >= 4 is 11.8 Å². The molecule has 3 unspecified atom stereocenters. The average Bonchev–Trinajstić information content (AvgIpc) is 3.24. The number of phenols is 1. The maximum absolute atomic E-state index is 14.5. The Labute approximate surface area is 286 Å². The van der Waals surface area contributed by atoms with E-state index in [2.05, 4.69) is 11.5 Å². The van der Waals surface area contributed by atoms with Crippen LogP contribution in [-0.4, -0.2) is 64.4 Å². The average molecular weight is 679 g/mol. The fraction of sp³-hybridized carbons (Fsp3) is 0.487. The molecule has 0 aliphatic heterocycles. The van der Waals surface area contributed by atoms with E-state index < -0.39 is 35.5 Å². The number of Topliss-reactive ketones (excluding diaryl/α,β-unsaturated/α-hetero) is 1. The van der Waals surface area contributed by atoms with Crippen LogP contribution >= 0.6 is 0 Å². The second-order valence-electron chi connectivity index (χ2n) is 14.0. The summed E-state index contributed by atoms with van der Waals surface area (Å²) in [7, 11) is 1.42. The smallest absolute Gasteiger partial charge is 0.310 e. The Hall–Kier alpha value is -3.83. The predicted octanol–water partition coefficient (Wildman–Crippen LogP) is 5.91. The van der Waals surface area contributed by atoms with Crippen LogP contribution in [0.1, 0.15) is 57.6 Å². The zero-order valence-electron chi connectivity index (χ0n) is 28.6. The summed E-state index contributed by atoms with van der Waals surface area (Å²) >= 11 is 0. The zero-order valence-corrected chi connectivity index (χ0v) is 28.6. The number of fused-ring (bicyclic) bond motifs is 3. The predicted molar refractivity (Wildman–Crippen MR) is 180 cm³/mol. The highest BCUT2D eigenvalue weighted by atomic mass is 19.3. The highest BCUT2D eigenvalue weighted by Crippen LogP contribution is 2.57. The molecular formula is C39H47FO9. The molecule has 0 heterocycles. The lowest BCUT2D eigenvalue weighted by Gasteiger charge is -2.52. The topological polar surface area (TPSA) is 132 Å². The maximum Gasteiger partial charge on any atom is 0.310 e. The number of allylic oxidation sites excluding steroid dienone is 1. The Bertz CT molecular complexity index is 1610. The van der Waals surface area contributed by atoms with Gasteiger partial charge in [-0.05, 0) is 88.4 Å². The van der Waals surface area contributed by atoms with Crippen LogP contribution in [0.25, 0.3) is 0 Å². The van der Waals surface area contributed by atoms with Crippen molar-refractivity contribution in [3.8, 4) is 11.5 Å². The van der Waals surface area contributed by atoms with Crippen LogP contribution in [-0.2, 0) is 36.8 Å². The van der Waals surface area contributed by atoms with E-state index in [1.165, 1.54) is 13.2 Å². The molecule has 264 valence electrons. The molecule has 7 atom stereocenters. The standard InChI is InChI=1S/C39H47FO9/c1-6-29-17-31-35-25(4)18-37(24(2)3,48-38(23-41,49-40)19-26-10-8-7-9-11-26)21-30(35)14-28(20-39(31,45)36(29)44)22-47-34(43)16-27-12-13-32(42)33(15-27)46-5/h7-15,17,25,30-31,35,41-42,45H,2,6,16,18-23H2,1,3-5H3/t25-,30?,31?,35?,37+,38+,39-/m1/s1. The third-order valence-corrected chi connectivity index (χ3v) is 10.6. The number of aliphatic hydroxyl groups excluding tert-OH is 1. The number of hydrogen-bond donors (Lipinski definition) is 3. The van der Waals surface area contributed by atoms with Crippen LogP contribution in [0, 0.1) is 23.7 Å². The summed E-state index contributed by atoms with van der Waals surface area (Å²) < 4.78 is 32.0. The zero-order chi connectivity index (χ0) is 35.6. The Morgan fingerprint density at radius 3 is 2.49 bits per heavy atom. The number of esters is 1. The third kappa shape index (κ3) is 7.24. The Kier molecular flexibility index (Phi) is 10.8. The number of ketones is 1. The molecule has 0 bridgehead atoms. The van der Waals surface area contributed by atoms with Gasteiger partial charge < -0.3 is 29.5 Å². The maximum atomic E-state index is 14.5. The van der Waals surface area contributed by atoms with Crippen molar-refractivity contribution in [2.45, 2.75) is 76.3 Å². The van der Waals surface area contributed by atoms with Crippen LogP contribution in [0.3, 0.4) is 0 Å². The second kappa shape index (κ2) is 14.6. The van der Waals surface area contributed by atoms with Gasteiger partial charge in [-0.25, -0.2) is 0 Å². The van der Waals surface area contributed by atoms with Crippen LogP contribution in [0.5, 0.6) is 11.5 Å². The first kappa shape index (κ1) is 36.5. The minimum absolute atomic E-state index is 0.0142. The van der Waals surface area contributed by atoms with Gasteiger partial charge in [0.25, 0.3) is 0 Å². The number of phenolic OH excluding ortho intramolecular Hbond substituents is 1. The summed E-state index contributed by atoms with van der Waals surface area (Å²) in [5.41, 5.74) is 0.220. The van der Waals surface area contributed by atoms with Gasteiger partial charge in [-0.15, -0.1) is 0 Å². The summed E-state index contributed by atoms with van der Waals surface area (Å²) in [6, 6.07) is 13.7. The lowest BCUT2D eigenvalue weighted by atomic mass is 9.59.